The number of benzene rings is 1. The van der Waals surface area contributed by atoms with Gasteiger partial charge in [-0.15, -0.1) is 0 Å². The van der Waals surface area contributed by atoms with Crippen LogP contribution in [0.5, 0.6) is 0 Å². The second-order valence-corrected chi connectivity index (χ2v) is 5.18. The minimum Gasteiger partial charge on any atom is -0.397 e. The molecular weight excluding hydrogens is 250 g/mol. The van der Waals surface area contributed by atoms with E-state index in [1.165, 1.54) is 24.2 Å². The van der Waals surface area contributed by atoms with E-state index in [0.717, 1.165) is 13.1 Å². The highest BCUT2D eigenvalue weighted by Crippen LogP contribution is 2.22. The van der Waals surface area contributed by atoms with E-state index in [0.29, 0.717) is 22.9 Å². The molecular formula is C13H19ClN3O+. The van der Waals surface area contributed by atoms with Crippen LogP contribution in [0.2, 0.25) is 5.02 Å². The molecule has 0 spiro atoms. The number of anilines is 2. The molecule has 2 rings (SSSR count). The van der Waals surface area contributed by atoms with E-state index in [-0.39, 0.29) is 5.91 Å². The van der Waals surface area contributed by atoms with Gasteiger partial charge in [-0.2, -0.15) is 0 Å². The van der Waals surface area contributed by atoms with Gasteiger partial charge in [-0.3, -0.25) is 4.79 Å². The number of likely N-dealkylation sites (tertiary alicyclic amines) is 1. The summed E-state index contributed by atoms with van der Waals surface area (Å²) in [7, 11) is 0. The molecule has 4 N–H and O–H groups in total. The smallest absolute Gasteiger partial charge is 0.279 e. The topological polar surface area (TPSA) is 59.6 Å². The van der Waals surface area contributed by atoms with Crippen molar-refractivity contribution in [3.8, 4) is 0 Å². The highest BCUT2D eigenvalue weighted by atomic mass is 35.5. The Balaban J connectivity index is 1.88. The SMILES string of the molecule is Nc1cc(NC(=O)C[NH+]2CCCCC2)ccc1Cl. The molecule has 98 valence electrons. The molecule has 18 heavy (non-hydrogen) atoms. The summed E-state index contributed by atoms with van der Waals surface area (Å²) in [6.45, 7) is 2.72. The summed E-state index contributed by atoms with van der Waals surface area (Å²) < 4.78 is 0. The summed E-state index contributed by atoms with van der Waals surface area (Å²) in [5.74, 6) is 0.0358. The molecule has 1 aliphatic rings. The Labute approximate surface area is 112 Å². The lowest BCUT2D eigenvalue weighted by atomic mass is 10.1. The number of rotatable bonds is 3. The first-order valence-corrected chi connectivity index (χ1v) is 6.71. The molecule has 0 bridgehead atoms. The van der Waals surface area contributed by atoms with Gasteiger partial charge in [-0.25, -0.2) is 0 Å². The highest BCUT2D eigenvalue weighted by molar-refractivity contribution is 6.33. The number of amides is 1. The normalized spacial score (nSPS) is 16.5. The molecule has 1 aromatic rings. The number of halogens is 1. The van der Waals surface area contributed by atoms with Gasteiger partial charge in [-0.1, -0.05) is 11.6 Å². The van der Waals surface area contributed by atoms with Gasteiger partial charge in [0, 0.05) is 5.69 Å². The molecule has 1 fully saturated rings. The molecule has 0 atom stereocenters. The zero-order valence-corrected chi connectivity index (χ0v) is 11.1. The molecule has 0 aliphatic carbocycles. The fourth-order valence-corrected chi connectivity index (χ4v) is 2.40. The average molecular weight is 269 g/mol. The summed E-state index contributed by atoms with van der Waals surface area (Å²) >= 11 is 5.83. The van der Waals surface area contributed by atoms with Crippen LogP contribution in [0.4, 0.5) is 11.4 Å². The number of piperidine rings is 1. The van der Waals surface area contributed by atoms with Gasteiger partial charge in [0.1, 0.15) is 0 Å². The van der Waals surface area contributed by atoms with Gasteiger partial charge in [0.05, 0.1) is 23.8 Å². The average Bonchev–Trinajstić information content (AvgIpc) is 2.35. The van der Waals surface area contributed by atoms with Crippen molar-refractivity contribution >= 4 is 28.9 Å². The van der Waals surface area contributed by atoms with Crippen molar-refractivity contribution in [2.75, 3.05) is 30.7 Å². The summed E-state index contributed by atoms with van der Waals surface area (Å²) in [5.41, 5.74) is 6.88. The predicted molar refractivity (Wildman–Crippen MR) is 73.9 cm³/mol. The maximum atomic E-state index is 11.9. The number of nitrogens with one attached hydrogen (secondary N) is 2. The van der Waals surface area contributed by atoms with Crippen LogP contribution >= 0.6 is 11.6 Å². The van der Waals surface area contributed by atoms with E-state index >= 15 is 0 Å². The molecule has 5 heteroatoms. The minimum atomic E-state index is 0.0358. The van der Waals surface area contributed by atoms with Gasteiger partial charge in [0.25, 0.3) is 5.91 Å². The van der Waals surface area contributed by atoms with Crippen molar-refractivity contribution in [3.63, 3.8) is 0 Å². The maximum absolute atomic E-state index is 11.9. The van der Waals surface area contributed by atoms with Crippen molar-refractivity contribution in [2.45, 2.75) is 19.3 Å². The van der Waals surface area contributed by atoms with Gasteiger partial charge >= 0.3 is 0 Å². The van der Waals surface area contributed by atoms with E-state index in [9.17, 15) is 4.79 Å². The number of quaternary nitrogens is 1. The first kappa shape index (κ1) is 13.2. The Morgan fingerprint density at radius 2 is 2.06 bits per heavy atom. The van der Waals surface area contributed by atoms with Gasteiger partial charge in [-0.05, 0) is 37.5 Å². The van der Waals surface area contributed by atoms with Crippen LogP contribution in [0.15, 0.2) is 18.2 Å². The third kappa shape index (κ3) is 3.62. The van der Waals surface area contributed by atoms with E-state index < -0.39 is 0 Å². The number of hydrogen-bond acceptors (Lipinski definition) is 2. The lowest BCUT2D eigenvalue weighted by Crippen LogP contribution is -3.13. The van der Waals surface area contributed by atoms with Crippen LogP contribution in [-0.4, -0.2) is 25.5 Å². The van der Waals surface area contributed by atoms with Crippen molar-refractivity contribution in [3.05, 3.63) is 23.2 Å². The molecule has 1 amide bonds. The van der Waals surface area contributed by atoms with Crippen LogP contribution in [0, 0.1) is 0 Å². The number of carbonyl (C=O) groups is 1. The molecule has 0 radical (unpaired) electrons. The van der Waals surface area contributed by atoms with Gasteiger partial charge < -0.3 is 16.0 Å². The third-order valence-electron chi connectivity index (χ3n) is 3.25. The first-order valence-electron chi connectivity index (χ1n) is 6.33. The Bertz CT molecular complexity index is 430. The fourth-order valence-electron chi connectivity index (χ4n) is 2.28. The van der Waals surface area contributed by atoms with E-state index in [1.54, 1.807) is 18.2 Å². The molecule has 1 saturated heterocycles. The standard InChI is InChI=1S/C13H18ClN3O/c14-11-5-4-10(8-12(11)15)16-13(18)9-17-6-2-1-3-7-17/h4-5,8H,1-3,6-7,9,15H2,(H,16,18)/p+1. The van der Waals surface area contributed by atoms with E-state index in [2.05, 4.69) is 5.32 Å². The Morgan fingerprint density at radius 1 is 1.33 bits per heavy atom. The summed E-state index contributed by atoms with van der Waals surface area (Å²) in [6.07, 6.45) is 3.73. The predicted octanol–water partition coefficient (Wildman–Crippen LogP) is 0.929. The van der Waals surface area contributed by atoms with Crippen molar-refractivity contribution in [1.29, 1.82) is 0 Å². The minimum absolute atomic E-state index is 0.0358. The molecule has 0 saturated carbocycles. The largest absolute Gasteiger partial charge is 0.397 e. The molecule has 4 nitrogen and oxygen atoms in total. The summed E-state index contributed by atoms with van der Waals surface area (Å²) in [4.78, 5) is 13.2. The lowest BCUT2D eigenvalue weighted by Gasteiger charge is -2.22. The van der Waals surface area contributed by atoms with E-state index in [1.807, 2.05) is 0 Å². The second-order valence-electron chi connectivity index (χ2n) is 4.77. The van der Waals surface area contributed by atoms with Gasteiger partial charge in [0.15, 0.2) is 6.54 Å². The quantitative estimate of drug-likeness (QED) is 0.715. The Morgan fingerprint density at radius 3 is 2.72 bits per heavy atom. The third-order valence-corrected chi connectivity index (χ3v) is 3.60. The zero-order valence-electron chi connectivity index (χ0n) is 10.3. The number of nitrogens with two attached hydrogens (primary N) is 1. The Hall–Kier alpha value is -1.26. The van der Waals surface area contributed by atoms with Crippen LogP contribution in [0.3, 0.4) is 0 Å². The van der Waals surface area contributed by atoms with Crippen LogP contribution in [0.1, 0.15) is 19.3 Å². The maximum Gasteiger partial charge on any atom is 0.279 e. The summed E-state index contributed by atoms with van der Waals surface area (Å²) in [6, 6.07) is 5.15. The Kier molecular flexibility index (Phi) is 4.44. The van der Waals surface area contributed by atoms with Gasteiger partial charge in [0.2, 0.25) is 0 Å². The molecule has 0 aromatic heterocycles. The lowest BCUT2D eigenvalue weighted by molar-refractivity contribution is -0.896. The number of carbonyl (C=O) groups excluding carboxylic acids is 1. The first-order chi connectivity index (χ1) is 8.65. The molecule has 0 unspecified atom stereocenters. The van der Waals surface area contributed by atoms with Crippen molar-refractivity contribution in [2.24, 2.45) is 0 Å². The van der Waals surface area contributed by atoms with Crippen LogP contribution in [0.25, 0.3) is 0 Å². The second kappa shape index (κ2) is 6.07. The number of nitrogen functional groups attached to an aromatic ring is 1. The molecule has 1 aliphatic heterocycles. The zero-order chi connectivity index (χ0) is 13.0. The highest BCUT2D eigenvalue weighted by Gasteiger charge is 2.17. The van der Waals surface area contributed by atoms with Crippen LogP contribution in [-0.2, 0) is 4.79 Å². The number of hydrogen-bond donors (Lipinski definition) is 3. The van der Waals surface area contributed by atoms with Crippen LogP contribution < -0.4 is 16.0 Å². The van der Waals surface area contributed by atoms with E-state index in [4.69, 9.17) is 17.3 Å². The monoisotopic (exact) mass is 268 g/mol. The molecule has 1 aromatic carbocycles. The fraction of sp³-hybridized carbons (Fsp3) is 0.462. The molecule has 1 heterocycles. The van der Waals surface area contributed by atoms with Crippen molar-refractivity contribution < 1.29 is 9.69 Å². The summed E-state index contributed by atoms with van der Waals surface area (Å²) in [5, 5.41) is 3.37. The van der Waals surface area contributed by atoms with Crippen molar-refractivity contribution in [1.82, 2.24) is 0 Å².